The molecule has 8 nitrogen and oxygen atoms in total. The number of rotatable bonds is 38. The summed E-state index contributed by atoms with van der Waals surface area (Å²) in [5, 5.41) is 32.5. The van der Waals surface area contributed by atoms with Crippen LogP contribution < -0.4 is 4.90 Å². The molecular formula is C63H97N2O6+. The number of aliphatic hydroxyl groups excluding tert-OH is 1. The van der Waals surface area contributed by atoms with Crippen LogP contribution in [0.25, 0.3) is 0 Å². The van der Waals surface area contributed by atoms with Gasteiger partial charge in [0.15, 0.2) is 17.4 Å². The van der Waals surface area contributed by atoms with Crippen molar-refractivity contribution >= 4 is 34.8 Å². The summed E-state index contributed by atoms with van der Waals surface area (Å²) in [6.07, 6.45) is 43.0. The summed E-state index contributed by atoms with van der Waals surface area (Å²) in [4.78, 5) is 41.7. The SMILES string of the molecule is CCCCCCCCCCCCCCCCCCN1/C(=C\C2=C(O)C(C3=[N+](CCCCCCCCCCCCCCCCCC)c4ccc(C(=O)O)cc4C3(C)C)C2=O)C(C)(C)c2c(C(=O)O)cccc21. The lowest BCUT2D eigenvalue weighted by atomic mass is 9.68. The molecule has 0 fully saturated rings. The second-order valence-corrected chi connectivity index (χ2v) is 22.7. The molecule has 71 heavy (non-hydrogen) atoms. The molecule has 394 valence electrons. The molecule has 2 aromatic rings. The first kappa shape index (κ1) is 57.7. The highest BCUT2D eigenvalue weighted by Crippen LogP contribution is 2.52. The van der Waals surface area contributed by atoms with Gasteiger partial charge in [-0.3, -0.25) is 4.79 Å². The summed E-state index contributed by atoms with van der Waals surface area (Å²) in [6.45, 7) is 14.1. The molecule has 0 aromatic heterocycles. The van der Waals surface area contributed by atoms with E-state index in [9.17, 15) is 29.7 Å². The van der Waals surface area contributed by atoms with Gasteiger partial charge in [0.25, 0.3) is 0 Å². The quantitative estimate of drug-likeness (QED) is 0.0453. The van der Waals surface area contributed by atoms with Crippen LogP contribution in [0.1, 0.15) is 279 Å². The molecule has 0 spiro atoms. The number of allylic oxidation sites excluding steroid dienone is 4. The Hall–Kier alpha value is -4.20. The van der Waals surface area contributed by atoms with E-state index in [1.165, 1.54) is 167 Å². The largest absolute Gasteiger partial charge is 0.510 e. The van der Waals surface area contributed by atoms with Crippen molar-refractivity contribution in [1.29, 1.82) is 0 Å². The number of hydrogen-bond acceptors (Lipinski definition) is 5. The van der Waals surface area contributed by atoms with Crippen molar-refractivity contribution in [2.45, 2.75) is 258 Å². The third kappa shape index (κ3) is 15.7. The number of aromatic carboxylic acids is 2. The minimum absolute atomic E-state index is 0.0291. The number of aliphatic hydroxyl groups is 1. The summed E-state index contributed by atoms with van der Waals surface area (Å²) in [5.74, 6) is -2.95. The average molecular weight is 978 g/mol. The van der Waals surface area contributed by atoms with Crippen molar-refractivity contribution in [3.63, 3.8) is 0 Å². The molecule has 3 aliphatic rings. The van der Waals surface area contributed by atoms with Crippen molar-refractivity contribution in [3.05, 3.63) is 81.8 Å². The number of nitrogens with zero attached hydrogens (tertiary/aromatic N) is 2. The lowest BCUT2D eigenvalue weighted by Gasteiger charge is -2.33. The number of Topliss-reactive ketones (excluding diaryl/α,β-unsaturated/α-hetero) is 1. The van der Waals surface area contributed by atoms with Crippen molar-refractivity contribution in [3.8, 4) is 0 Å². The average Bonchev–Trinajstić information content (AvgIpc) is 3.70. The van der Waals surface area contributed by atoms with E-state index in [4.69, 9.17) is 0 Å². The maximum atomic E-state index is 14.7. The number of carboxylic acids is 2. The van der Waals surface area contributed by atoms with Gasteiger partial charge in [0.2, 0.25) is 5.69 Å². The van der Waals surface area contributed by atoms with Crippen molar-refractivity contribution < 1.29 is 34.3 Å². The minimum atomic E-state index is -0.992. The Bertz CT molecular complexity index is 2120. The summed E-state index contributed by atoms with van der Waals surface area (Å²) < 4.78 is 2.20. The maximum absolute atomic E-state index is 14.7. The zero-order valence-electron chi connectivity index (χ0n) is 45.6. The van der Waals surface area contributed by atoms with E-state index in [0.717, 1.165) is 72.4 Å². The molecule has 1 aliphatic carbocycles. The van der Waals surface area contributed by atoms with Gasteiger partial charge >= 0.3 is 11.9 Å². The smallest absolute Gasteiger partial charge is 0.336 e. The van der Waals surface area contributed by atoms with E-state index in [2.05, 4.69) is 23.3 Å². The second kappa shape index (κ2) is 29.5. The van der Waals surface area contributed by atoms with Crippen molar-refractivity contribution in [2.75, 3.05) is 18.0 Å². The van der Waals surface area contributed by atoms with Crippen LogP contribution in [0.2, 0.25) is 0 Å². The Kier molecular flexibility index (Phi) is 24.0. The van der Waals surface area contributed by atoms with Gasteiger partial charge in [-0.15, -0.1) is 0 Å². The molecule has 3 N–H and O–H groups in total. The first-order chi connectivity index (χ1) is 34.3. The highest BCUT2D eigenvalue weighted by molar-refractivity contribution is 6.23. The van der Waals surface area contributed by atoms with Crippen LogP contribution in [-0.2, 0) is 15.6 Å². The number of benzene rings is 2. The highest BCUT2D eigenvalue weighted by atomic mass is 16.4. The predicted molar refractivity (Wildman–Crippen MR) is 295 cm³/mol. The topological polar surface area (TPSA) is 118 Å². The number of carbonyl (C=O) groups is 3. The number of carboxylic acid groups (broad SMARTS) is 2. The molecule has 8 heteroatoms. The first-order valence-corrected chi connectivity index (χ1v) is 29.1. The third-order valence-corrected chi connectivity index (χ3v) is 16.4. The fourth-order valence-corrected chi connectivity index (χ4v) is 12.1. The van der Waals surface area contributed by atoms with E-state index in [-0.39, 0.29) is 28.2 Å². The zero-order valence-corrected chi connectivity index (χ0v) is 45.6. The molecule has 2 aromatic carbocycles. The molecule has 1 atom stereocenters. The Morgan fingerprint density at radius 1 is 0.592 bits per heavy atom. The maximum Gasteiger partial charge on any atom is 0.336 e. The van der Waals surface area contributed by atoms with Crippen LogP contribution in [0, 0.1) is 5.92 Å². The molecule has 0 saturated heterocycles. The van der Waals surface area contributed by atoms with Crippen LogP contribution in [0.5, 0.6) is 0 Å². The van der Waals surface area contributed by atoms with Crippen LogP contribution in [0.3, 0.4) is 0 Å². The molecule has 1 unspecified atom stereocenters. The van der Waals surface area contributed by atoms with E-state index in [0.29, 0.717) is 13.1 Å². The number of anilines is 1. The van der Waals surface area contributed by atoms with Gasteiger partial charge in [0.05, 0.1) is 22.1 Å². The fraction of sp³-hybridized carbons (Fsp3) is 0.683. The summed E-state index contributed by atoms with van der Waals surface area (Å²) in [6, 6.07) is 10.7. The number of unbranched alkanes of at least 4 members (excludes halogenated alkanes) is 30. The van der Waals surface area contributed by atoms with Gasteiger partial charge < -0.3 is 20.2 Å². The molecule has 5 rings (SSSR count). The van der Waals surface area contributed by atoms with E-state index < -0.39 is 28.7 Å². The van der Waals surface area contributed by atoms with Gasteiger partial charge in [-0.1, -0.05) is 220 Å². The van der Waals surface area contributed by atoms with Gasteiger partial charge in [-0.2, -0.15) is 4.58 Å². The number of hydrogen-bond donors (Lipinski definition) is 3. The van der Waals surface area contributed by atoms with Crippen LogP contribution >= 0.6 is 0 Å². The standard InChI is InChI=1S/C63H96N2O6/c1-7-9-11-13-15-17-19-21-23-25-27-29-31-33-35-37-44-64-53-41-39-40-49(61(70)71)56(53)63(5,6)54(64)47-50-57(66)55(58(50)67)59-62(3,4)51-46-48(60(68)69)42-43-52(51)65(59)45-38-36-34-32-30-28-26-24-22-20-18-16-14-12-10-8-2/h39-43,46-47,55H,7-38,44-45H2,1-6H3,(H2-,66,67,68,69,70,71)/p+1/b54-47-. The first-order valence-electron chi connectivity index (χ1n) is 29.1. The molecule has 2 aliphatic heterocycles. The Morgan fingerprint density at radius 3 is 1.48 bits per heavy atom. The Labute approximate surface area is 430 Å². The van der Waals surface area contributed by atoms with Crippen LogP contribution in [-0.4, -0.2) is 56.4 Å². The molecule has 0 amide bonds. The molecule has 0 bridgehead atoms. The summed E-state index contributed by atoms with van der Waals surface area (Å²) in [7, 11) is 0. The Morgan fingerprint density at radius 2 is 1.04 bits per heavy atom. The lowest BCUT2D eigenvalue weighted by Crippen LogP contribution is -2.46. The highest BCUT2D eigenvalue weighted by Gasteiger charge is 2.57. The normalized spacial score (nSPS) is 17.4. The van der Waals surface area contributed by atoms with Gasteiger partial charge in [0.1, 0.15) is 12.3 Å². The summed E-state index contributed by atoms with van der Waals surface area (Å²) in [5.41, 5.74) is 4.27. The van der Waals surface area contributed by atoms with Crippen molar-refractivity contribution in [2.24, 2.45) is 5.92 Å². The molecule has 2 heterocycles. The minimum Gasteiger partial charge on any atom is -0.510 e. The number of carbonyl (C=O) groups excluding carboxylic acids is 1. The zero-order chi connectivity index (χ0) is 51.2. The van der Waals surface area contributed by atoms with Crippen LogP contribution in [0.4, 0.5) is 11.4 Å². The van der Waals surface area contributed by atoms with E-state index >= 15 is 0 Å². The molecular weight excluding hydrogens is 881 g/mol. The van der Waals surface area contributed by atoms with E-state index in [1.54, 1.807) is 18.2 Å². The Balaban J connectivity index is 1.22. The van der Waals surface area contributed by atoms with E-state index in [1.807, 2.05) is 52.0 Å². The molecule has 0 radical (unpaired) electrons. The lowest BCUT2D eigenvalue weighted by molar-refractivity contribution is -0.441. The number of fused-ring (bicyclic) bond motifs is 2. The predicted octanol–water partition coefficient (Wildman–Crippen LogP) is 17.7. The monoisotopic (exact) mass is 978 g/mol. The fourth-order valence-electron chi connectivity index (χ4n) is 12.1. The number of ketones is 1. The second-order valence-electron chi connectivity index (χ2n) is 22.7. The van der Waals surface area contributed by atoms with Crippen molar-refractivity contribution in [1.82, 2.24) is 0 Å². The summed E-state index contributed by atoms with van der Waals surface area (Å²) >= 11 is 0. The third-order valence-electron chi connectivity index (χ3n) is 16.4. The van der Waals surface area contributed by atoms with Gasteiger partial charge in [0, 0.05) is 47.0 Å². The van der Waals surface area contributed by atoms with Crippen LogP contribution in [0.15, 0.2) is 59.5 Å². The van der Waals surface area contributed by atoms with Gasteiger partial charge in [-0.25, -0.2) is 9.59 Å². The molecule has 0 saturated carbocycles. The van der Waals surface area contributed by atoms with Gasteiger partial charge in [-0.05, 0) is 57.0 Å².